The molecule has 0 aromatic heterocycles. The zero-order valence-corrected chi connectivity index (χ0v) is 16.2. The summed E-state index contributed by atoms with van der Waals surface area (Å²) < 4.78 is 51.2. The standard InChI is InChI=1S/C22H22F3NO3/c1-3-28-20-9-13-8-12(2)29-19(13)11-18(20)26-21(27)16-10-15(16)14-6-4-5-7-17(14)22(23,24)25/h4-7,9,11-12,15-16H,3,8,10H2,1-2H3,(H,26,27). The minimum Gasteiger partial charge on any atom is -0.492 e. The summed E-state index contributed by atoms with van der Waals surface area (Å²) in [7, 11) is 0. The van der Waals surface area contributed by atoms with Crippen LogP contribution in [0.25, 0.3) is 0 Å². The fraction of sp³-hybridized carbons (Fsp3) is 0.409. The summed E-state index contributed by atoms with van der Waals surface area (Å²) in [4.78, 5) is 12.8. The Kier molecular flexibility index (Phi) is 4.92. The third-order valence-electron chi connectivity index (χ3n) is 5.35. The largest absolute Gasteiger partial charge is 0.492 e. The van der Waals surface area contributed by atoms with Crippen molar-refractivity contribution in [2.45, 2.75) is 44.9 Å². The first kappa shape index (κ1) is 19.6. The van der Waals surface area contributed by atoms with E-state index in [2.05, 4.69) is 5.32 Å². The number of amides is 1. The topological polar surface area (TPSA) is 47.6 Å². The Labute approximate surface area is 167 Å². The number of alkyl halides is 3. The van der Waals surface area contributed by atoms with Crippen LogP contribution in [0.3, 0.4) is 0 Å². The molecule has 3 atom stereocenters. The van der Waals surface area contributed by atoms with Crippen molar-refractivity contribution in [2.24, 2.45) is 5.92 Å². The van der Waals surface area contributed by atoms with Crippen molar-refractivity contribution < 1.29 is 27.4 Å². The summed E-state index contributed by atoms with van der Waals surface area (Å²) in [5, 5.41) is 2.83. The zero-order chi connectivity index (χ0) is 20.8. The molecule has 1 fully saturated rings. The fourth-order valence-electron chi connectivity index (χ4n) is 3.94. The van der Waals surface area contributed by atoms with Crippen LogP contribution in [0.5, 0.6) is 11.5 Å². The molecule has 4 rings (SSSR count). The molecule has 0 saturated heterocycles. The summed E-state index contributed by atoms with van der Waals surface area (Å²) in [6, 6.07) is 9.06. The van der Waals surface area contributed by atoms with E-state index in [1.54, 1.807) is 12.1 Å². The normalized spacial score (nSPS) is 22.6. The van der Waals surface area contributed by atoms with Crippen LogP contribution in [-0.4, -0.2) is 18.6 Å². The maximum absolute atomic E-state index is 13.3. The molecule has 2 aliphatic rings. The Morgan fingerprint density at radius 2 is 2.03 bits per heavy atom. The number of hydrogen-bond donors (Lipinski definition) is 1. The summed E-state index contributed by atoms with van der Waals surface area (Å²) in [5.74, 6) is 0.00488. The first-order chi connectivity index (χ1) is 13.8. The lowest BCUT2D eigenvalue weighted by Crippen LogP contribution is -2.16. The van der Waals surface area contributed by atoms with E-state index >= 15 is 0 Å². The van der Waals surface area contributed by atoms with Gasteiger partial charge in [0.2, 0.25) is 5.91 Å². The fourth-order valence-corrected chi connectivity index (χ4v) is 3.94. The van der Waals surface area contributed by atoms with E-state index in [4.69, 9.17) is 9.47 Å². The third-order valence-corrected chi connectivity index (χ3v) is 5.35. The number of ether oxygens (including phenoxy) is 2. The predicted molar refractivity (Wildman–Crippen MR) is 102 cm³/mol. The molecule has 0 radical (unpaired) electrons. The van der Waals surface area contributed by atoms with E-state index in [1.807, 2.05) is 19.9 Å². The van der Waals surface area contributed by atoms with Gasteiger partial charge in [0.25, 0.3) is 0 Å². The second-order valence-electron chi connectivity index (χ2n) is 7.54. The lowest BCUT2D eigenvalue weighted by molar-refractivity contribution is -0.138. The molecule has 1 amide bonds. The van der Waals surface area contributed by atoms with Gasteiger partial charge >= 0.3 is 6.18 Å². The van der Waals surface area contributed by atoms with Crippen LogP contribution in [0, 0.1) is 5.92 Å². The van der Waals surface area contributed by atoms with E-state index < -0.39 is 23.6 Å². The van der Waals surface area contributed by atoms with E-state index in [9.17, 15) is 18.0 Å². The quantitative estimate of drug-likeness (QED) is 0.747. The Morgan fingerprint density at radius 1 is 1.28 bits per heavy atom. The summed E-state index contributed by atoms with van der Waals surface area (Å²) >= 11 is 0. The Bertz CT molecular complexity index is 941. The number of carbonyl (C=O) groups excluding carboxylic acids is 1. The number of carbonyl (C=O) groups is 1. The number of hydrogen-bond acceptors (Lipinski definition) is 3. The molecule has 3 unspecified atom stereocenters. The van der Waals surface area contributed by atoms with Gasteiger partial charge in [-0.2, -0.15) is 13.2 Å². The first-order valence-corrected chi connectivity index (χ1v) is 9.71. The highest BCUT2D eigenvalue weighted by Gasteiger charge is 2.48. The van der Waals surface area contributed by atoms with E-state index in [-0.39, 0.29) is 17.6 Å². The number of rotatable bonds is 5. The molecule has 2 aromatic rings. The molecule has 4 nitrogen and oxygen atoms in total. The van der Waals surface area contributed by atoms with Gasteiger partial charge in [-0.15, -0.1) is 0 Å². The van der Waals surface area contributed by atoms with Crippen LogP contribution in [0.15, 0.2) is 36.4 Å². The van der Waals surface area contributed by atoms with Gasteiger partial charge in [0.05, 0.1) is 17.9 Å². The zero-order valence-electron chi connectivity index (χ0n) is 16.2. The Balaban J connectivity index is 1.53. The minimum atomic E-state index is -4.43. The highest BCUT2D eigenvalue weighted by molar-refractivity contribution is 5.97. The second kappa shape index (κ2) is 7.28. The van der Waals surface area contributed by atoms with Crippen LogP contribution in [0.4, 0.5) is 18.9 Å². The first-order valence-electron chi connectivity index (χ1n) is 9.71. The van der Waals surface area contributed by atoms with E-state index in [0.29, 0.717) is 30.2 Å². The van der Waals surface area contributed by atoms with Crippen molar-refractivity contribution >= 4 is 11.6 Å². The average Bonchev–Trinajstić information content (AvgIpc) is 3.38. The van der Waals surface area contributed by atoms with Crippen LogP contribution >= 0.6 is 0 Å². The predicted octanol–water partition coefficient (Wildman–Crippen LogP) is 5.17. The molecule has 1 N–H and O–H groups in total. The van der Waals surface area contributed by atoms with Gasteiger partial charge in [0.15, 0.2) is 0 Å². The lowest BCUT2D eigenvalue weighted by Gasteiger charge is -2.14. The summed E-state index contributed by atoms with van der Waals surface area (Å²) in [5.41, 5.74) is 1.01. The molecule has 7 heteroatoms. The SMILES string of the molecule is CCOc1cc2c(cc1NC(=O)C1CC1c1ccccc1C(F)(F)F)OC(C)C2. The van der Waals surface area contributed by atoms with Gasteiger partial charge in [-0.3, -0.25) is 4.79 Å². The average molecular weight is 405 g/mol. The van der Waals surface area contributed by atoms with Crippen molar-refractivity contribution in [1.29, 1.82) is 0 Å². The van der Waals surface area contributed by atoms with Crippen LogP contribution in [0.1, 0.15) is 42.9 Å². The van der Waals surface area contributed by atoms with Gasteiger partial charge in [0, 0.05) is 24.0 Å². The Morgan fingerprint density at radius 3 is 2.76 bits per heavy atom. The number of fused-ring (bicyclic) bond motifs is 1. The number of halogens is 3. The van der Waals surface area contributed by atoms with E-state index in [1.165, 1.54) is 12.1 Å². The van der Waals surface area contributed by atoms with Gasteiger partial charge in [0.1, 0.15) is 17.6 Å². The molecule has 29 heavy (non-hydrogen) atoms. The van der Waals surface area contributed by atoms with Gasteiger partial charge in [-0.1, -0.05) is 18.2 Å². The molecule has 1 aliphatic heterocycles. The molecule has 1 heterocycles. The van der Waals surface area contributed by atoms with Gasteiger partial charge in [-0.25, -0.2) is 0 Å². The number of nitrogens with one attached hydrogen (secondary N) is 1. The molecule has 1 saturated carbocycles. The lowest BCUT2D eigenvalue weighted by atomic mass is 10.0. The van der Waals surface area contributed by atoms with Crippen molar-refractivity contribution in [2.75, 3.05) is 11.9 Å². The van der Waals surface area contributed by atoms with Crippen molar-refractivity contribution in [3.8, 4) is 11.5 Å². The molecular weight excluding hydrogens is 383 g/mol. The van der Waals surface area contributed by atoms with Crippen LogP contribution in [0.2, 0.25) is 0 Å². The molecule has 0 spiro atoms. The number of anilines is 1. The Hall–Kier alpha value is -2.70. The maximum atomic E-state index is 13.3. The summed E-state index contributed by atoms with van der Waals surface area (Å²) in [6.07, 6.45) is -3.22. The second-order valence-corrected chi connectivity index (χ2v) is 7.54. The van der Waals surface area contributed by atoms with E-state index in [0.717, 1.165) is 18.1 Å². The molecule has 2 aromatic carbocycles. The highest BCUT2D eigenvalue weighted by atomic mass is 19.4. The van der Waals surface area contributed by atoms with Crippen molar-refractivity contribution in [1.82, 2.24) is 0 Å². The van der Waals surface area contributed by atoms with Crippen molar-refractivity contribution in [3.63, 3.8) is 0 Å². The third kappa shape index (κ3) is 3.91. The monoisotopic (exact) mass is 405 g/mol. The highest BCUT2D eigenvalue weighted by Crippen LogP contribution is 2.51. The van der Waals surface area contributed by atoms with Crippen LogP contribution < -0.4 is 14.8 Å². The molecular formula is C22H22F3NO3. The maximum Gasteiger partial charge on any atom is 0.416 e. The molecule has 0 bridgehead atoms. The summed E-state index contributed by atoms with van der Waals surface area (Å²) in [6.45, 7) is 4.25. The van der Waals surface area contributed by atoms with Crippen LogP contribution in [-0.2, 0) is 17.4 Å². The molecule has 1 aliphatic carbocycles. The van der Waals surface area contributed by atoms with Gasteiger partial charge < -0.3 is 14.8 Å². The van der Waals surface area contributed by atoms with Crippen molar-refractivity contribution in [3.05, 3.63) is 53.1 Å². The smallest absolute Gasteiger partial charge is 0.416 e. The minimum absolute atomic E-state index is 0.0529. The molecule has 154 valence electrons. The number of benzene rings is 2. The van der Waals surface area contributed by atoms with Gasteiger partial charge in [-0.05, 0) is 43.9 Å².